The summed E-state index contributed by atoms with van der Waals surface area (Å²) in [4.78, 5) is 7.37. The van der Waals surface area contributed by atoms with E-state index < -0.39 is 0 Å². The number of rotatable bonds is 1. The van der Waals surface area contributed by atoms with Crippen LogP contribution in [-0.2, 0) is 20.4 Å². The molecular weight excluding hydrogens is 360 g/mol. The Kier molecular flexibility index (Phi) is 3.20. The number of nitrogens with zero attached hydrogens (tertiary/aromatic N) is 1. The monoisotopic (exact) mass is 373 g/mol. The molecule has 1 unspecified atom stereocenters. The number of nitrogens with one attached hydrogen (secondary N) is 2. The zero-order valence-corrected chi connectivity index (χ0v) is 11.0. The van der Waals surface area contributed by atoms with E-state index in [0.29, 0.717) is 5.92 Å². The van der Waals surface area contributed by atoms with E-state index in [1.165, 1.54) is 17.4 Å². The predicted molar refractivity (Wildman–Crippen MR) is 55.2 cm³/mol. The maximum absolute atomic E-state index is 4.27. The fourth-order valence-electron chi connectivity index (χ4n) is 2.14. The van der Waals surface area contributed by atoms with Gasteiger partial charge in [-0.25, -0.2) is 0 Å². The first-order valence-corrected chi connectivity index (χ1v) is 5.00. The first kappa shape index (κ1) is 10.8. The summed E-state index contributed by atoms with van der Waals surface area (Å²) in [6, 6.07) is 4.10. The maximum Gasteiger partial charge on any atom is 0.0118 e. The summed E-state index contributed by atoms with van der Waals surface area (Å²) in [5.74, 6) is 0.605. The molecule has 3 rings (SSSR count). The number of H-pyrrole nitrogens is 1. The summed E-state index contributed by atoms with van der Waals surface area (Å²) in [6.45, 7) is 2.18. The van der Waals surface area contributed by atoms with Gasteiger partial charge in [0.2, 0.25) is 0 Å². The van der Waals surface area contributed by atoms with Crippen LogP contribution in [0.4, 0.5) is 0 Å². The zero-order valence-electron chi connectivity index (χ0n) is 8.26. The molecule has 0 aliphatic carbocycles. The van der Waals surface area contributed by atoms with Crippen molar-refractivity contribution in [3.8, 4) is 0 Å². The van der Waals surface area contributed by atoms with Gasteiger partial charge in [-0.3, -0.25) is 0 Å². The Balaban J connectivity index is 0.000000853. The van der Waals surface area contributed by atoms with Crippen molar-refractivity contribution in [3.63, 3.8) is 0 Å². The molecule has 4 heteroatoms. The van der Waals surface area contributed by atoms with Crippen molar-refractivity contribution in [3.05, 3.63) is 30.1 Å². The second-order valence-corrected chi connectivity index (χ2v) is 3.75. The molecule has 2 N–H and O–H groups in total. The molecule has 1 aliphatic heterocycles. The van der Waals surface area contributed by atoms with Gasteiger partial charge in [-0.15, -0.1) is 23.2 Å². The van der Waals surface area contributed by atoms with Crippen molar-refractivity contribution in [2.75, 3.05) is 13.1 Å². The number of aromatic nitrogens is 2. The normalized spacial score (nSPS) is 20.4. The number of pyridine rings is 1. The van der Waals surface area contributed by atoms with Crippen molar-refractivity contribution in [2.24, 2.45) is 0 Å². The summed E-state index contributed by atoms with van der Waals surface area (Å²) >= 11 is 0. The number of fused-ring (bicyclic) bond motifs is 1. The van der Waals surface area contributed by atoms with Gasteiger partial charge in [-0.2, -0.15) is 0 Å². The van der Waals surface area contributed by atoms with E-state index in [1.54, 1.807) is 0 Å². The van der Waals surface area contributed by atoms with Crippen molar-refractivity contribution < 1.29 is 20.4 Å². The molecule has 3 nitrogen and oxygen atoms in total. The van der Waals surface area contributed by atoms with Crippen molar-refractivity contribution in [1.29, 1.82) is 0 Å². The second-order valence-electron chi connectivity index (χ2n) is 3.75. The minimum atomic E-state index is 0. The molecule has 0 aromatic carbocycles. The predicted octanol–water partition coefficient (Wildman–Crippen LogP) is 1.44. The molecule has 1 radical (unpaired) electrons. The number of aromatic amines is 1. The van der Waals surface area contributed by atoms with Crippen LogP contribution in [0.2, 0.25) is 0 Å². The van der Waals surface area contributed by atoms with Gasteiger partial charge in [0.15, 0.2) is 0 Å². The van der Waals surface area contributed by atoms with Gasteiger partial charge in [0.05, 0.1) is 0 Å². The van der Waals surface area contributed by atoms with Crippen LogP contribution >= 0.6 is 0 Å². The fraction of sp³-hybridized carbons (Fsp3) is 0.364. The molecule has 1 aliphatic rings. The van der Waals surface area contributed by atoms with Crippen LogP contribution in [0.25, 0.3) is 11.0 Å². The van der Waals surface area contributed by atoms with Crippen LogP contribution in [0.5, 0.6) is 0 Å². The van der Waals surface area contributed by atoms with Crippen LogP contribution in [0.15, 0.2) is 18.3 Å². The Morgan fingerprint density at radius 2 is 2.40 bits per heavy atom. The first-order valence-electron chi connectivity index (χ1n) is 5.00. The fourth-order valence-corrected chi connectivity index (χ4v) is 2.14. The number of hydrogen-bond acceptors (Lipinski definition) is 2. The van der Waals surface area contributed by atoms with Crippen molar-refractivity contribution >= 4 is 11.0 Å². The standard InChI is InChI=1S/C11H12N3.Re/c1-2-9-10(8-3-5-12-6-8)7-14-11(9)13-4-1;/h1-2,4,8,12H,3,5-6H2,(H,13,14);/q-1;. The first-order chi connectivity index (χ1) is 6.95. The minimum Gasteiger partial charge on any atom is -0.462 e. The van der Waals surface area contributed by atoms with Crippen molar-refractivity contribution in [2.45, 2.75) is 12.3 Å². The largest absolute Gasteiger partial charge is 0.462 e. The quantitative estimate of drug-likeness (QED) is 0.744. The molecule has 1 atom stereocenters. The average Bonchev–Trinajstić information content (AvgIpc) is 2.85. The Bertz CT molecular complexity index is 446. The van der Waals surface area contributed by atoms with Crippen LogP contribution < -0.4 is 5.32 Å². The summed E-state index contributed by atoms with van der Waals surface area (Å²) in [5, 5.41) is 4.59. The third kappa shape index (κ3) is 1.85. The molecule has 1 fully saturated rings. The van der Waals surface area contributed by atoms with Crippen LogP contribution in [0.3, 0.4) is 0 Å². The molecule has 79 valence electrons. The molecule has 0 saturated carbocycles. The van der Waals surface area contributed by atoms with Gasteiger partial charge < -0.3 is 15.3 Å². The van der Waals surface area contributed by atoms with E-state index in [4.69, 9.17) is 0 Å². The zero-order chi connectivity index (χ0) is 9.38. The van der Waals surface area contributed by atoms with E-state index in [1.807, 2.05) is 12.3 Å². The van der Waals surface area contributed by atoms with Crippen molar-refractivity contribution in [1.82, 2.24) is 15.3 Å². The summed E-state index contributed by atoms with van der Waals surface area (Å²) < 4.78 is 0. The molecule has 0 spiro atoms. The molecular formula is C11H12N3Re-. The maximum atomic E-state index is 4.27. The van der Waals surface area contributed by atoms with Gasteiger partial charge >= 0.3 is 0 Å². The van der Waals surface area contributed by atoms with Crippen LogP contribution in [-0.4, -0.2) is 23.1 Å². The average molecular weight is 372 g/mol. The van der Waals surface area contributed by atoms with Crippen LogP contribution in [0, 0.1) is 6.20 Å². The van der Waals surface area contributed by atoms with E-state index >= 15 is 0 Å². The van der Waals surface area contributed by atoms with Crippen LogP contribution in [0.1, 0.15) is 17.9 Å². The van der Waals surface area contributed by atoms with Gasteiger partial charge in [-0.1, -0.05) is 6.07 Å². The van der Waals surface area contributed by atoms with Gasteiger partial charge in [0, 0.05) is 33.2 Å². The SMILES string of the molecule is [Re].[c-]1[nH]c2ncccc2c1C1CCNC1. The molecule has 2 aromatic heterocycles. The summed E-state index contributed by atoms with van der Waals surface area (Å²) in [7, 11) is 0. The molecule has 2 aromatic rings. The molecule has 0 amide bonds. The smallest absolute Gasteiger partial charge is 0.0118 e. The Hall–Kier alpha value is -0.688. The van der Waals surface area contributed by atoms with Gasteiger partial charge in [0.1, 0.15) is 0 Å². The van der Waals surface area contributed by atoms with Gasteiger partial charge in [-0.05, 0) is 24.5 Å². The Labute approximate surface area is 102 Å². The third-order valence-corrected chi connectivity index (χ3v) is 2.88. The Morgan fingerprint density at radius 1 is 1.47 bits per heavy atom. The molecule has 15 heavy (non-hydrogen) atoms. The molecule has 3 heterocycles. The molecule has 1 saturated heterocycles. The number of hydrogen-bond donors (Lipinski definition) is 2. The van der Waals surface area contributed by atoms with Gasteiger partial charge in [0.25, 0.3) is 0 Å². The molecule has 0 bridgehead atoms. The topological polar surface area (TPSA) is 40.7 Å². The van der Waals surface area contributed by atoms with E-state index in [9.17, 15) is 0 Å². The van der Waals surface area contributed by atoms with E-state index in [2.05, 4.69) is 27.5 Å². The Morgan fingerprint density at radius 3 is 3.20 bits per heavy atom. The van der Waals surface area contributed by atoms with E-state index in [0.717, 1.165) is 18.7 Å². The second kappa shape index (κ2) is 4.44. The summed E-state index contributed by atoms with van der Waals surface area (Å²) in [5.41, 5.74) is 2.24. The minimum absolute atomic E-state index is 0. The summed E-state index contributed by atoms with van der Waals surface area (Å²) in [6.07, 6.45) is 6.24. The van der Waals surface area contributed by atoms with E-state index in [-0.39, 0.29) is 20.4 Å². The third-order valence-electron chi connectivity index (χ3n) is 2.88.